The second-order valence-electron chi connectivity index (χ2n) is 9.52. The average Bonchev–Trinajstić information content (AvgIpc) is 3.21. The molecule has 0 aromatic heterocycles. The average molecular weight is 475 g/mol. The van der Waals surface area contributed by atoms with Crippen LogP contribution in [-0.2, 0) is 16.0 Å². The Hall–Kier alpha value is -2.94. The van der Waals surface area contributed by atoms with Crippen LogP contribution in [0.25, 0.3) is 0 Å². The number of likely N-dealkylation sites (N-methyl/N-ethyl adjacent to an activating group) is 1. The normalized spacial score (nSPS) is 23.6. The number of carbonyl (C=O) groups excluding carboxylic acids is 3. The molecule has 186 valence electrons. The summed E-state index contributed by atoms with van der Waals surface area (Å²) >= 11 is 0. The van der Waals surface area contributed by atoms with E-state index < -0.39 is 28.7 Å². The zero-order valence-electron chi connectivity index (χ0n) is 20.1. The number of hydrogen-bond donors (Lipinski definition) is 2. The lowest BCUT2D eigenvalue weighted by atomic mass is 9.98. The second kappa shape index (κ2) is 11.5. The molecule has 0 spiro atoms. The lowest BCUT2D eigenvalue weighted by Crippen LogP contribution is -2.63. The Labute approximate surface area is 200 Å². The molecule has 1 aliphatic heterocycles. The van der Waals surface area contributed by atoms with Gasteiger partial charge < -0.3 is 15.2 Å². The molecule has 1 aromatic carbocycles. The molecular weight excluding hydrogens is 438 g/mol. The van der Waals surface area contributed by atoms with Gasteiger partial charge in [0.25, 0.3) is 0 Å². The maximum absolute atomic E-state index is 13.2. The predicted molar refractivity (Wildman–Crippen MR) is 125 cm³/mol. The number of rotatable bonds is 7. The van der Waals surface area contributed by atoms with E-state index in [0.29, 0.717) is 12.8 Å². The summed E-state index contributed by atoms with van der Waals surface area (Å²) in [5, 5.41) is 12.5. The van der Waals surface area contributed by atoms with Crippen molar-refractivity contribution in [2.75, 3.05) is 20.1 Å². The number of urea groups is 1. The van der Waals surface area contributed by atoms with Crippen molar-refractivity contribution >= 4 is 24.0 Å². The molecule has 9 nitrogen and oxygen atoms in total. The van der Waals surface area contributed by atoms with Crippen LogP contribution in [0.1, 0.15) is 57.4 Å². The Balaban J connectivity index is 1.70. The van der Waals surface area contributed by atoms with E-state index in [1.807, 2.05) is 30.3 Å². The van der Waals surface area contributed by atoms with E-state index >= 15 is 0 Å². The van der Waals surface area contributed by atoms with Crippen molar-refractivity contribution in [1.29, 1.82) is 0 Å². The first-order valence-electron chi connectivity index (χ1n) is 12.1. The first-order chi connectivity index (χ1) is 16.2. The minimum atomic E-state index is -1.20. The first-order valence-corrected chi connectivity index (χ1v) is 12.1. The number of nitrogens with zero attached hydrogens (tertiary/aromatic N) is 2. The Bertz CT molecular complexity index is 886. The summed E-state index contributed by atoms with van der Waals surface area (Å²) in [6.07, 6.45) is 4.30. The van der Waals surface area contributed by atoms with Crippen LogP contribution in [-0.4, -0.2) is 76.8 Å². The van der Waals surface area contributed by atoms with E-state index in [9.17, 15) is 24.3 Å². The van der Waals surface area contributed by atoms with Gasteiger partial charge in [0, 0.05) is 19.9 Å². The molecule has 0 radical (unpaired) electrons. The molecule has 2 N–H and O–H groups in total. The Morgan fingerprint density at radius 1 is 1.09 bits per heavy atom. The third kappa shape index (κ3) is 5.94. The van der Waals surface area contributed by atoms with Crippen LogP contribution in [0.3, 0.4) is 0 Å². The van der Waals surface area contributed by atoms with Gasteiger partial charge in [0.2, 0.25) is 0 Å². The molecule has 2 aliphatic rings. The number of carbonyl (C=O) groups is 4. The molecule has 1 aliphatic carbocycles. The van der Waals surface area contributed by atoms with Gasteiger partial charge in [0.1, 0.15) is 12.1 Å². The van der Waals surface area contributed by atoms with Gasteiger partial charge in [0.05, 0.1) is 19.1 Å². The summed E-state index contributed by atoms with van der Waals surface area (Å²) in [6, 6.07) is 7.40. The Morgan fingerprint density at radius 2 is 1.76 bits per heavy atom. The fourth-order valence-corrected chi connectivity index (χ4v) is 5.05. The van der Waals surface area contributed by atoms with Gasteiger partial charge in [-0.05, 0) is 44.6 Å². The number of quaternary nitrogens is 1. The molecule has 0 bridgehead atoms. The highest BCUT2D eigenvalue weighted by Gasteiger charge is 2.54. The number of nitrogens with one attached hydrogen (secondary N) is 1. The van der Waals surface area contributed by atoms with Crippen molar-refractivity contribution in [2.45, 2.75) is 76.5 Å². The SMILES string of the molecule is C[C@@H]1CCC[N+]1(C(=O)O)C(=O)N(C)CC(=O)[C@H](Cc1ccccc1)NC(=O)OC1CCCCC1. The molecule has 2 fully saturated rings. The summed E-state index contributed by atoms with van der Waals surface area (Å²) in [5.41, 5.74) is 0.856. The van der Waals surface area contributed by atoms with Gasteiger partial charge in [-0.25, -0.2) is 9.59 Å². The number of ether oxygens (including phenoxy) is 1. The number of alkyl carbamates (subject to hydrolysis) is 1. The number of Topliss-reactive ketones (excluding diaryl/α,β-unsaturated/α-hetero) is 1. The topological polar surface area (TPSA) is 113 Å². The molecule has 9 heteroatoms. The first kappa shape index (κ1) is 25.7. The van der Waals surface area contributed by atoms with E-state index in [0.717, 1.165) is 37.7 Å². The van der Waals surface area contributed by atoms with Crippen LogP contribution in [0.5, 0.6) is 0 Å². The van der Waals surface area contributed by atoms with E-state index in [4.69, 9.17) is 4.74 Å². The van der Waals surface area contributed by atoms with E-state index in [-0.39, 0.29) is 37.4 Å². The predicted octanol–water partition coefficient (Wildman–Crippen LogP) is 3.95. The smallest absolute Gasteiger partial charge is 0.446 e. The maximum Gasteiger partial charge on any atom is 0.523 e. The van der Waals surface area contributed by atoms with E-state index in [2.05, 4.69) is 5.32 Å². The summed E-state index contributed by atoms with van der Waals surface area (Å²) in [4.78, 5) is 52.2. The molecule has 1 saturated carbocycles. The molecule has 34 heavy (non-hydrogen) atoms. The molecule has 1 aromatic rings. The summed E-state index contributed by atoms with van der Waals surface area (Å²) in [5.74, 6) is -0.379. The van der Waals surface area contributed by atoms with Crippen molar-refractivity contribution in [3.05, 3.63) is 35.9 Å². The van der Waals surface area contributed by atoms with Crippen LogP contribution in [0, 0.1) is 0 Å². The van der Waals surface area contributed by atoms with Gasteiger partial charge in [-0.2, -0.15) is 4.79 Å². The minimum Gasteiger partial charge on any atom is -0.446 e. The number of benzene rings is 1. The summed E-state index contributed by atoms with van der Waals surface area (Å²) < 4.78 is 4.84. The van der Waals surface area contributed by atoms with Gasteiger partial charge in [-0.3, -0.25) is 9.69 Å². The number of likely N-dealkylation sites (tertiary alicyclic amines) is 1. The van der Waals surface area contributed by atoms with Gasteiger partial charge >= 0.3 is 18.2 Å². The quantitative estimate of drug-likeness (QED) is 0.579. The highest BCUT2D eigenvalue weighted by atomic mass is 16.6. The van der Waals surface area contributed by atoms with Gasteiger partial charge in [0.15, 0.2) is 5.78 Å². The number of imide groups is 1. The molecular formula is C25H36N3O6+. The maximum atomic E-state index is 13.2. The highest BCUT2D eigenvalue weighted by molar-refractivity contribution is 5.92. The van der Waals surface area contributed by atoms with Crippen LogP contribution in [0.2, 0.25) is 0 Å². The fraction of sp³-hybridized carbons (Fsp3) is 0.600. The molecule has 3 rings (SSSR count). The molecule has 1 heterocycles. The van der Waals surface area contributed by atoms with Crippen molar-refractivity contribution in [3.8, 4) is 0 Å². The van der Waals surface area contributed by atoms with Crippen molar-refractivity contribution in [1.82, 2.24) is 10.2 Å². The molecule has 1 unspecified atom stereocenters. The number of ketones is 1. The van der Waals surface area contributed by atoms with Crippen molar-refractivity contribution < 1.29 is 33.5 Å². The number of carboxylic acid groups (broad SMARTS) is 1. The number of amides is 4. The molecule has 1 saturated heterocycles. The highest BCUT2D eigenvalue weighted by Crippen LogP contribution is 2.29. The standard InChI is InChI=1S/C25H35N3O6/c1-18-10-9-15-28(18,25(32)33)24(31)27(2)17-22(29)21(16-19-11-5-3-6-12-19)26-23(30)34-20-13-7-4-8-14-20/h3,5-6,11-12,18,20-21H,4,7-10,13-17H2,1-2H3,(H-,26,30,32,33)/p+1/t18-,21+,28?/m1/s1. The van der Waals surface area contributed by atoms with Crippen LogP contribution in [0.15, 0.2) is 30.3 Å². The van der Waals surface area contributed by atoms with Crippen LogP contribution < -0.4 is 5.32 Å². The van der Waals surface area contributed by atoms with Crippen LogP contribution in [0.4, 0.5) is 14.4 Å². The Morgan fingerprint density at radius 3 is 2.35 bits per heavy atom. The summed E-state index contributed by atoms with van der Waals surface area (Å²) in [6.45, 7) is 1.64. The lowest BCUT2D eigenvalue weighted by molar-refractivity contribution is -0.790. The third-order valence-electron chi connectivity index (χ3n) is 7.08. The molecule has 3 atom stereocenters. The third-order valence-corrected chi connectivity index (χ3v) is 7.08. The van der Waals surface area contributed by atoms with E-state index in [1.54, 1.807) is 6.92 Å². The second-order valence-corrected chi connectivity index (χ2v) is 9.52. The summed E-state index contributed by atoms with van der Waals surface area (Å²) in [7, 11) is 1.44. The lowest BCUT2D eigenvalue weighted by Gasteiger charge is -2.33. The van der Waals surface area contributed by atoms with Gasteiger partial charge in [-0.15, -0.1) is 4.48 Å². The monoisotopic (exact) mass is 474 g/mol. The van der Waals surface area contributed by atoms with Crippen molar-refractivity contribution in [2.24, 2.45) is 0 Å². The number of hydrogen-bond acceptors (Lipinski definition) is 5. The fourth-order valence-electron chi connectivity index (χ4n) is 5.05. The zero-order chi connectivity index (χ0) is 24.7. The minimum absolute atomic E-state index is 0.151. The Kier molecular flexibility index (Phi) is 8.66. The molecule has 4 amide bonds. The van der Waals surface area contributed by atoms with Crippen LogP contribution >= 0.6 is 0 Å². The largest absolute Gasteiger partial charge is 0.523 e. The zero-order valence-corrected chi connectivity index (χ0v) is 20.1. The van der Waals surface area contributed by atoms with E-state index in [1.165, 1.54) is 11.9 Å². The van der Waals surface area contributed by atoms with Gasteiger partial charge in [-0.1, -0.05) is 36.8 Å². The van der Waals surface area contributed by atoms with Crippen molar-refractivity contribution in [3.63, 3.8) is 0 Å².